The van der Waals surface area contributed by atoms with E-state index in [2.05, 4.69) is 44.8 Å². The number of hydrogen-bond donors (Lipinski definition) is 1. The SMILES string of the molecule is CC(C)c1ccc2c(n1)Cc1nc(C(C)C)[nH]c1C2. The van der Waals surface area contributed by atoms with Crippen LogP contribution < -0.4 is 0 Å². The molecule has 1 N–H and O–H groups in total. The highest BCUT2D eigenvalue weighted by Crippen LogP contribution is 2.27. The molecule has 0 fully saturated rings. The van der Waals surface area contributed by atoms with Gasteiger partial charge in [-0.2, -0.15) is 0 Å². The predicted octanol–water partition coefficient (Wildman–Crippen LogP) is 3.55. The molecule has 0 saturated carbocycles. The molecule has 100 valence electrons. The van der Waals surface area contributed by atoms with Crippen LogP contribution in [0.4, 0.5) is 0 Å². The van der Waals surface area contributed by atoms with Crippen LogP contribution in [0.5, 0.6) is 0 Å². The number of nitrogens with one attached hydrogen (secondary N) is 1. The maximum atomic E-state index is 4.81. The lowest BCUT2D eigenvalue weighted by Crippen LogP contribution is -2.10. The summed E-state index contributed by atoms with van der Waals surface area (Å²) in [6.45, 7) is 8.72. The molecule has 0 amide bonds. The second-order valence-corrected chi connectivity index (χ2v) is 6.05. The minimum atomic E-state index is 0.452. The van der Waals surface area contributed by atoms with Crippen molar-refractivity contribution >= 4 is 0 Å². The molecule has 1 aliphatic rings. The molecule has 2 aromatic rings. The third kappa shape index (κ3) is 2.18. The first kappa shape index (κ1) is 12.4. The molecule has 3 rings (SSSR count). The summed E-state index contributed by atoms with van der Waals surface area (Å²) >= 11 is 0. The van der Waals surface area contributed by atoms with E-state index < -0.39 is 0 Å². The fraction of sp³-hybridized carbons (Fsp3) is 0.500. The number of nitrogens with zero attached hydrogens (tertiary/aromatic N) is 2. The van der Waals surface area contributed by atoms with Crippen LogP contribution in [0.3, 0.4) is 0 Å². The van der Waals surface area contributed by atoms with Crippen molar-refractivity contribution in [1.82, 2.24) is 15.0 Å². The summed E-state index contributed by atoms with van der Waals surface area (Å²) in [5, 5.41) is 0. The summed E-state index contributed by atoms with van der Waals surface area (Å²) in [4.78, 5) is 13.0. The fourth-order valence-electron chi connectivity index (χ4n) is 2.57. The van der Waals surface area contributed by atoms with Crippen molar-refractivity contribution in [2.24, 2.45) is 0 Å². The third-order valence-corrected chi connectivity index (χ3v) is 3.81. The van der Waals surface area contributed by atoms with Gasteiger partial charge in [-0.3, -0.25) is 4.98 Å². The Labute approximate surface area is 114 Å². The van der Waals surface area contributed by atoms with Crippen LogP contribution in [0.2, 0.25) is 0 Å². The Hall–Kier alpha value is -1.64. The largest absolute Gasteiger partial charge is 0.345 e. The van der Waals surface area contributed by atoms with Gasteiger partial charge in [0.25, 0.3) is 0 Å². The van der Waals surface area contributed by atoms with Crippen LogP contribution in [0.25, 0.3) is 0 Å². The molecule has 0 bridgehead atoms. The summed E-state index contributed by atoms with van der Waals surface area (Å²) in [5.41, 5.74) is 6.19. The first-order valence-electron chi connectivity index (χ1n) is 7.11. The van der Waals surface area contributed by atoms with E-state index in [1.54, 1.807) is 0 Å². The van der Waals surface area contributed by atoms with Gasteiger partial charge in [-0.05, 0) is 17.5 Å². The van der Waals surface area contributed by atoms with Crippen molar-refractivity contribution in [1.29, 1.82) is 0 Å². The van der Waals surface area contributed by atoms with Crippen LogP contribution in [-0.2, 0) is 12.8 Å². The van der Waals surface area contributed by atoms with Crippen LogP contribution in [0, 0.1) is 0 Å². The van der Waals surface area contributed by atoms with Crippen molar-refractivity contribution in [2.45, 2.75) is 52.4 Å². The van der Waals surface area contributed by atoms with Crippen LogP contribution in [0.15, 0.2) is 12.1 Å². The molecule has 0 atom stereocenters. The highest BCUT2D eigenvalue weighted by Gasteiger charge is 2.21. The Kier molecular flexibility index (Phi) is 2.92. The molecule has 19 heavy (non-hydrogen) atoms. The van der Waals surface area contributed by atoms with Crippen molar-refractivity contribution in [3.05, 3.63) is 46.3 Å². The second-order valence-electron chi connectivity index (χ2n) is 6.05. The maximum Gasteiger partial charge on any atom is 0.109 e. The Balaban J connectivity index is 1.97. The quantitative estimate of drug-likeness (QED) is 0.761. The Morgan fingerprint density at radius 2 is 1.74 bits per heavy atom. The molecule has 0 saturated heterocycles. The molecule has 3 nitrogen and oxygen atoms in total. The summed E-state index contributed by atoms with van der Waals surface area (Å²) < 4.78 is 0. The van der Waals surface area contributed by atoms with Gasteiger partial charge in [0, 0.05) is 30.1 Å². The Morgan fingerprint density at radius 1 is 0.947 bits per heavy atom. The Morgan fingerprint density at radius 3 is 2.42 bits per heavy atom. The third-order valence-electron chi connectivity index (χ3n) is 3.81. The van der Waals surface area contributed by atoms with E-state index >= 15 is 0 Å². The van der Waals surface area contributed by atoms with Crippen LogP contribution >= 0.6 is 0 Å². The van der Waals surface area contributed by atoms with E-state index in [9.17, 15) is 0 Å². The van der Waals surface area contributed by atoms with Gasteiger partial charge < -0.3 is 4.98 Å². The van der Waals surface area contributed by atoms with Crippen LogP contribution in [-0.4, -0.2) is 15.0 Å². The van der Waals surface area contributed by atoms with E-state index in [4.69, 9.17) is 9.97 Å². The number of rotatable bonds is 2. The van der Waals surface area contributed by atoms with Gasteiger partial charge in [-0.1, -0.05) is 33.8 Å². The molecule has 0 unspecified atom stereocenters. The predicted molar refractivity (Wildman–Crippen MR) is 76.6 cm³/mol. The Bertz CT molecular complexity index is 608. The molecule has 0 aliphatic heterocycles. The van der Waals surface area contributed by atoms with E-state index in [1.807, 2.05) is 0 Å². The van der Waals surface area contributed by atoms with Crippen molar-refractivity contribution in [2.75, 3.05) is 0 Å². The van der Waals surface area contributed by atoms with Gasteiger partial charge in [0.1, 0.15) is 5.82 Å². The zero-order chi connectivity index (χ0) is 13.6. The topological polar surface area (TPSA) is 41.6 Å². The van der Waals surface area contributed by atoms with Gasteiger partial charge >= 0.3 is 0 Å². The molecule has 2 aromatic heterocycles. The molecule has 3 heteroatoms. The lowest BCUT2D eigenvalue weighted by atomic mass is 9.95. The van der Waals surface area contributed by atoms with E-state index in [-0.39, 0.29) is 0 Å². The van der Waals surface area contributed by atoms with Crippen molar-refractivity contribution in [3.8, 4) is 0 Å². The van der Waals surface area contributed by atoms with Gasteiger partial charge in [0.05, 0.1) is 11.4 Å². The maximum absolute atomic E-state index is 4.81. The first-order chi connectivity index (χ1) is 9.04. The number of fused-ring (bicyclic) bond motifs is 2. The zero-order valence-corrected chi connectivity index (χ0v) is 12.1. The summed E-state index contributed by atoms with van der Waals surface area (Å²) in [5.74, 6) is 2.03. The molecule has 0 spiro atoms. The molecule has 0 radical (unpaired) electrons. The van der Waals surface area contributed by atoms with Gasteiger partial charge in [0.2, 0.25) is 0 Å². The number of aromatic nitrogens is 3. The highest BCUT2D eigenvalue weighted by molar-refractivity contribution is 5.38. The van der Waals surface area contributed by atoms with E-state index in [1.165, 1.54) is 28.3 Å². The van der Waals surface area contributed by atoms with Gasteiger partial charge in [-0.15, -0.1) is 0 Å². The normalized spacial score (nSPS) is 13.8. The fourth-order valence-corrected chi connectivity index (χ4v) is 2.57. The number of imidazole rings is 1. The first-order valence-corrected chi connectivity index (χ1v) is 7.11. The highest BCUT2D eigenvalue weighted by atomic mass is 14.9. The number of aromatic amines is 1. The number of pyridine rings is 1. The van der Waals surface area contributed by atoms with Gasteiger partial charge in [0.15, 0.2) is 0 Å². The lowest BCUT2D eigenvalue weighted by molar-refractivity contribution is 0.786. The van der Waals surface area contributed by atoms with Crippen molar-refractivity contribution in [3.63, 3.8) is 0 Å². The number of hydrogen-bond acceptors (Lipinski definition) is 2. The second kappa shape index (κ2) is 4.48. The molecular weight excluding hydrogens is 234 g/mol. The minimum Gasteiger partial charge on any atom is -0.345 e. The van der Waals surface area contributed by atoms with Crippen LogP contribution in [0.1, 0.15) is 73.7 Å². The monoisotopic (exact) mass is 255 g/mol. The van der Waals surface area contributed by atoms with Gasteiger partial charge in [-0.25, -0.2) is 4.98 Å². The van der Waals surface area contributed by atoms with E-state index in [0.717, 1.165) is 18.7 Å². The lowest BCUT2D eigenvalue weighted by Gasteiger charge is -2.16. The average molecular weight is 255 g/mol. The zero-order valence-electron chi connectivity index (χ0n) is 12.1. The summed E-state index contributed by atoms with van der Waals surface area (Å²) in [6.07, 6.45) is 1.81. The summed E-state index contributed by atoms with van der Waals surface area (Å²) in [6, 6.07) is 4.39. The molecule has 0 aromatic carbocycles. The standard InChI is InChI=1S/C16H21N3/c1-9(2)12-6-5-11-7-14-15(8-13(11)17-12)19-16(18-14)10(3)4/h5-6,9-10H,7-8H2,1-4H3,(H,18,19). The minimum absolute atomic E-state index is 0.452. The summed E-state index contributed by atoms with van der Waals surface area (Å²) in [7, 11) is 0. The number of H-pyrrole nitrogens is 1. The molecule has 2 heterocycles. The molecular formula is C16H21N3. The van der Waals surface area contributed by atoms with E-state index in [0.29, 0.717) is 11.8 Å². The average Bonchev–Trinajstić information content (AvgIpc) is 2.78. The van der Waals surface area contributed by atoms with Crippen molar-refractivity contribution < 1.29 is 0 Å². The molecule has 1 aliphatic carbocycles. The smallest absolute Gasteiger partial charge is 0.109 e.